The molecule has 0 aromatic rings. The maximum atomic E-state index is 11.2. The molecule has 1 unspecified atom stereocenters. The number of nitrogens with zero attached hydrogens (tertiary/aromatic N) is 1. The molecule has 0 radical (unpaired) electrons. The van der Waals surface area contributed by atoms with Crippen LogP contribution >= 0.6 is 0 Å². The number of ether oxygens (including phenoxy) is 1. The fourth-order valence-corrected chi connectivity index (χ4v) is 2.58. The van der Waals surface area contributed by atoms with Gasteiger partial charge in [-0.1, -0.05) is 6.42 Å². The van der Waals surface area contributed by atoms with Crippen molar-refractivity contribution < 1.29 is 9.53 Å². The zero-order valence-corrected chi connectivity index (χ0v) is 9.58. The van der Waals surface area contributed by atoms with Gasteiger partial charge in [0.2, 0.25) is 0 Å². The van der Waals surface area contributed by atoms with E-state index in [1.807, 2.05) is 0 Å². The molecule has 86 valence electrons. The molecule has 2 fully saturated rings. The Morgan fingerprint density at radius 2 is 2.27 bits per heavy atom. The summed E-state index contributed by atoms with van der Waals surface area (Å²) in [4.78, 5) is 13.6. The van der Waals surface area contributed by atoms with Gasteiger partial charge in [0.25, 0.3) is 0 Å². The lowest BCUT2D eigenvalue weighted by atomic mass is 9.82. The van der Waals surface area contributed by atoms with E-state index in [2.05, 4.69) is 11.9 Å². The number of hydrogen-bond acceptors (Lipinski definition) is 3. The first-order valence-corrected chi connectivity index (χ1v) is 6.00. The fourth-order valence-electron chi connectivity index (χ4n) is 2.58. The van der Waals surface area contributed by atoms with Gasteiger partial charge in [0.1, 0.15) is 6.29 Å². The van der Waals surface area contributed by atoms with Crippen LogP contribution in [-0.4, -0.2) is 44.0 Å². The van der Waals surface area contributed by atoms with Gasteiger partial charge in [-0.2, -0.15) is 0 Å². The molecule has 1 aliphatic carbocycles. The second kappa shape index (κ2) is 4.62. The van der Waals surface area contributed by atoms with Gasteiger partial charge in [0.15, 0.2) is 0 Å². The maximum absolute atomic E-state index is 11.2. The molecule has 1 saturated carbocycles. The highest BCUT2D eigenvalue weighted by molar-refractivity contribution is 5.60. The smallest absolute Gasteiger partial charge is 0.129 e. The van der Waals surface area contributed by atoms with E-state index in [0.29, 0.717) is 12.6 Å². The molecule has 0 aromatic carbocycles. The second-order valence-corrected chi connectivity index (χ2v) is 5.14. The van der Waals surface area contributed by atoms with E-state index in [1.165, 1.54) is 19.3 Å². The standard InChI is InChI=1S/C12H21NO2/c1-13(11-4-2-5-11)8-12(9-14)6-3-7-15-10-12/h9,11H,2-8,10H2,1H3. The molecule has 0 N–H and O–H groups in total. The third kappa shape index (κ3) is 2.40. The van der Waals surface area contributed by atoms with Crippen molar-refractivity contribution >= 4 is 6.29 Å². The van der Waals surface area contributed by atoms with Crippen molar-refractivity contribution in [2.75, 3.05) is 26.8 Å². The summed E-state index contributed by atoms with van der Waals surface area (Å²) >= 11 is 0. The number of carbonyl (C=O) groups is 1. The van der Waals surface area contributed by atoms with Crippen molar-refractivity contribution in [3.05, 3.63) is 0 Å². The van der Waals surface area contributed by atoms with Crippen LogP contribution in [0.4, 0.5) is 0 Å². The second-order valence-electron chi connectivity index (χ2n) is 5.14. The quantitative estimate of drug-likeness (QED) is 0.659. The van der Waals surface area contributed by atoms with Crippen molar-refractivity contribution in [2.24, 2.45) is 5.41 Å². The molecule has 2 rings (SSSR count). The molecule has 1 atom stereocenters. The largest absolute Gasteiger partial charge is 0.380 e. The van der Waals surface area contributed by atoms with Gasteiger partial charge in [0.05, 0.1) is 12.0 Å². The summed E-state index contributed by atoms with van der Waals surface area (Å²) in [5.41, 5.74) is -0.220. The average Bonchev–Trinajstić information content (AvgIpc) is 2.16. The molecule has 0 spiro atoms. The molecule has 0 aromatic heterocycles. The summed E-state index contributed by atoms with van der Waals surface area (Å²) in [6.07, 6.45) is 7.09. The Kier molecular flexibility index (Phi) is 3.42. The van der Waals surface area contributed by atoms with Crippen molar-refractivity contribution in [3.63, 3.8) is 0 Å². The molecule has 1 saturated heterocycles. The molecule has 1 heterocycles. The van der Waals surface area contributed by atoms with E-state index in [0.717, 1.165) is 32.3 Å². The minimum Gasteiger partial charge on any atom is -0.380 e. The summed E-state index contributed by atoms with van der Waals surface area (Å²) in [6, 6.07) is 0.712. The van der Waals surface area contributed by atoms with E-state index in [-0.39, 0.29) is 5.41 Å². The van der Waals surface area contributed by atoms with Crippen molar-refractivity contribution in [1.29, 1.82) is 0 Å². The number of aldehydes is 1. The third-order valence-electron chi connectivity index (χ3n) is 3.87. The monoisotopic (exact) mass is 211 g/mol. The zero-order chi connectivity index (χ0) is 10.7. The maximum Gasteiger partial charge on any atom is 0.129 e. The molecule has 3 heteroatoms. The predicted molar refractivity (Wildman–Crippen MR) is 58.8 cm³/mol. The normalized spacial score (nSPS) is 32.7. The van der Waals surface area contributed by atoms with Gasteiger partial charge in [-0.05, 0) is 32.7 Å². The fraction of sp³-hybridized carbons (Fsp3) is 0.917. The Hall–Kier alpha value is -0.410. The van der Waals surface area contributed by atoms with E-state index < -0.39 is 0 Å². The van der Waals surface area contributed by atoms with Crippen molar-refractivity contribution in [2.45, 2.75) is 38.1 Å². The Labute approximate surface area is 91.8 Å². The highest BCUT2D eigenvalue weighted by Crippen LogP contribution is 2.31. The van der Waals surface area contributed by atoms with Gasteiger partial charge in [-0.25, -0.2) is 0 Å². The van der Waals surface area contributed by atoms with Crippen LogP contribution in [0.3, 0.4) is 0 Å². The van der Waals surface area contributed by atoms with Gasteiger partial charge < -0.3 is 14.4 Å². The number of hydrogen-bond donors (Lipinski definition) is 0. The van der Waals surface area contributed by atoms with Gasteiger partial charge in [-0.3, -0.25) is 0 Å². The van der Waals surface area contributed by atoms with Crippen LogP contribution < -0.4 is 0 Å². The Morgan fingerprint density at radius 1 is 1.47 bits per heavy atom. The average molecular weight is 211 g/mol. The zero-order valence-electron chi connectivity index (χ0n) is 9.58. The van der Waals surface area contributed by atoms with Crippen LogP contribution in [0.2, 0.25) is 0 Å². The molecule has 1 aliphatic heterocycles. The highest BCUT2D eigenvalue weighted by atomic mass is 16.5. The van der Waals surface area contributed by atoms with E-state index in [9.17, 15) is 4.79 Å². The number of rotatable bonds is 4. The lowest BCUT2D eigenvalue weighted by Crippen LogP contribution is -2.48. The molecular weight excluding hydrogens is 190 g/mol. The van der Waals surface area contributed by atoms with E-state index in [4.69, 9.17) is 4.74 Å². The first-order chi connectivity index (χ1) is 7.26. The molecular formula is C12H21NO2. The van der Waals surface area contributed by atoms with Gasteiger partial charge >= 0.3 is 0 Å². The lowest BCUT2D eigenvalue weighted by molar-refractivity contribution is -0.126. The van der Waals surface area contributed by atoms with Crippen molar-refractivity contribution in [3.8, 4) is 0 Å². The Bertz CT molecular complexity index is 220. The predicted octanol–water partition coefficient (Wildman–Crippen LogP) is 1.47. The third-order valence-corrected chi connectivity index (χ3v) is 3.87. The summed E-state index contributed by atoms with van der Waals surface area (Å²) in [7, 11) is 2.14. The summed E-state index contributed by atoms with van der Waals surface area (Å²) in [5, 5.41) is 0. The Balaban J connectivity index is 1.90. The molecule has 3 nitrogen and oxygen atoms in total. The summed E-state index contributed by atoms with van der Waals surface area (Å²) < 4.78 is 5.45. The van der Waals surface area contributed by atoms with Crippen LogP contribution in [0.25, 0.3) is 0 Å². The highest BCUT2D eigenvalue weighted by Gasteiger charge is 2.36. The first kappa shape index (κ1) is 11.1. The minimum absolute atomic E-state index is 0.220. The summed E-state index contributed by atoms with van der Waals surface area (Å²) in [5.74, 6) is 0. The minimum atomic E-state index is -0.220. The van der Waals surface area contributed by atoms with E-state index >= 15 is 0 Å². The first-order valence-electron chi connectivity index (χ1n) is 6.00. The van der Waals surface area contributed by atoms with Crippen LogP contribution in [0, 0.1) is 5.41 Å². The van der Waals surface area contributed by atoms with Crippen LogP contribution in [0.15, 0.2) is 0 Å². The van der Waals surface area contributed by atoms with E-state index in [1.54, 1.807) is 0 Å². The molecule has 0 amide bonds. The topological polar surface area (TPSA) is 29.5 Å². The number of carbonyl (C=O) groups excluding carboxylic acids is 1. The Morgan fingerprint density at radius 3 is 2.73 bits per heavy atom. The summed E-state index contributed by atoms with van der Waals surface area (Å²) in [6.45, 7) is 2.32. The van der Waals surface area contributed by atoms with Crippen LogP contribution in [0.5, 0.6) is 0 Å². The SMILES string of the molecule is CN(CC1(C=O)CCCOC1)C1CCC1. The van der Waals surface area contributed by atoms with Crippen LogP contribution in [0.1, 0.15) is 32.1 Å². The molecule has 2 aliphatic rings. The molecule has 15 heavy (non-hydrogen) atoms. The van der Waals surface area contributed by atoms with Gasteiger partial charge in [0, 0.05) is 19.2 Å². The lowest BCUT2D eigenvalue weighted by Gasteiger charge is -2.41. The van der Waals surface area contributed by atoms with Crippen molar-refractivity contribution in [1.82, 2.24) is 4.90 Å². The molecule has 0 bridgehead atoms. The van der Waals surface area contributed by atoms with Crippen LogP contribution in [-0.2, 0) is 9.53 Å². The van der Waals surface area contributed by atoms with Gasteiger partial charge in [-0.15, -0.1) is 0 Å².